The third-order valence-electron chi connectivity index (χ3n) is 1.88. The molecule has 1 rings (SSSR count). The zero-order valence-electron chi connectivity index (χ0n) is 9.55. The summed E-state index contributed by atoms with van der Waals surface area (Å²) >= 11 is 0. The molecular weight excluding hydrogens is 289 g/mol. The zero-order valence-corrected chi connectivity index (χ0v) is 10.4. The van der Waals surface area contributed by atoms with Crippen molar-refractivity contribution in [3.63, 3.8) is 0 Å². The van der Waals surface area contributed by atoms with E-state index in [0.29, 0.717) is 5.56 Å². The van der Waals surface area contributed by atoms with Gasteiger partial charge in [0, 0.05) is 19.0 Å². The lowest BCUT2D eigenvalue weighted by atomic mass is 10.2. The van der Waals surface area contributed by atoms with E-state index in [4.69, 9.17) is 0 Å². The topological polar surface area (TPSA) is 97.5 Å². The standard InChI is InChI=1S/C8H9F3N4O3S/c1-19(18,14-15(16)17)13-5-6-2-3-7(12-4-6)8(9,10)11/h2-4H,5H2,1H3,(H,13,14,18). The van der Waals surface area contributed by atoms with Gasteiger partial charge in [-0.2, -0.15) is 13.2 Å². The number of alkyl halides is 3. The lowest BCUT2D eigenvalue weighted by Gasteiger charge is -2.07. The highest BCUT2D eigenvalue weighted by Crippen LogP contribution is 2.27. The summed E-state index contributed by atoms with van der Waals surface area (Å²) in [5.74, 6) is 0. The molecule has 0 saturated carbocycles. The minimum absolute atomic E-state index is 0.155. The number of nitrogens with one attached hydrogen (secondary N) is 1. The van der Waals surface area contributed by atoms with Gasteiger partial charge in [0.15, 0.2) is 9.92 Å². The van der Waals surface area contributed by atoms with Crippen molar-refractivity contribution in [2.75, 3.05) is 6.26 Å². The Labute approximate surface area is 106 Å². The summed E-state index contributed by atoms with van der Waals surface area (Å²) in [5, 5.41) is 8.97. The fourth-order valence-corrected chi connectivity index (χ4v) is 1.82. The first-order valence-electron chi connectivity index (χ1n) is 4.73. The van der Waals surface area contributed by atoms with Crippen LogP contribution in [0.1, 0.15) is 11.3 Å². The van der Waals surface area contributed by atoms with E-state index in [0.717, 1.165) is 24.6 Å². The summed E-state index contributed by atoms with van der Waals surface area (Å²) in [6.45, 7) is -0.155. The SMILES string of the molecule is CS(=O)(=N[N+](=O)[O-])NCc1ccc(C(F)(F)F)nc1. The normalized spacial score (nSPS) is 14.7. The van der Waals surface area contributed by atoms with Gasteiger partial charge in [-0.15, -0.1) is 0 Å². The Morgan fingerprint density at radius 3 is 2.58 bits per heavy atom. The largest absolute Gasteiger partial charge is 0.433 e. The first-order valence-corrected chi connectivity index (χ1v) is 6.66. The fourth-order valence-electron chi connectivity index (χ4n) is 1.07. The van der Waals surface area contributed by atoms with Gasteiger partial charge in [0.25, 0.3) is 0 Å². The molecule has 1 aromatic rings. The molecule has 7 nitrogen and oxygen atoms in total. The number of aromatic nitrogens is 1. The molecule has 11 heteroatoms. The van der Waals surface area contributed by atoms with Crippen molar-refractivity contribution in [2.45, 2.75) is 12.7 Å². The predicted molar refractivity (Wildman–Crippen MR) is 59.6 cm³/mol. The third kappa shape index (κ3) is 5.18. The average Bonchev–Trinajstić information content (AvgIpc) is 2.24. The summed E-state index contributed by atoms with van der Waals surface area (Å²) in [5.41, 5.74) is -0.760. The Balaban J connectivity index is 2.76. The molecule has 1 unspecified atom stereocenters. The Morgan fingerprint density at radius 2 is 2.16 bits per heavy atom. The van der Waals surface area contributed by atoms with Crippen LogP contribution in [0.4, 0.5) is 13.2 Å². The summed E-state index contributed by atoms with van der Waals surface area (Å²) in [6, 6.07) is 1.89. The molecule has 0 bridgehead atoms. The van der Waals surface area contributed by atoms with Crippen LogP contribution in [0, 0.1) is 10.1 Å². The van der Waals surface area contributed by atoms with Gasteiger partial charge in [-0.3, -0.25) is 4.98 Å². The lowest BCUT2D eigenvalue weighted by molar-refractivity contribution is -0.482. The Bertz CT molecular complexity index is 578. The Kier molecular flexibility index (Phi) is 4.42. The van der Waals surface area contributed by atoms with Crippen LogP contribution in [0.5, 0.6) is 0 Å². The molecule has 0 aliphatic heterocycles. The van der Waals surface area contributed by atoms with E-state index in [1.165, 1.54) is 0 Å². The molecule has 0 saturated heterocycles. The molecule has 1 heterocycles. The predicted octanol–water partition coefficient (Wildman–Crippen LogP) is 1.39. The molecule has 0 aliphatic carbocycles. The first-order chi connectivity index (χ1) is 8.60. The molecule has 0 fully saturated rings. The number of pyridine rings is 1. The maximum absolute atomic E-state index is 12.2. The van der Waals surface area contributed by atoms with Gasteiger partial charge in [-0.05, 0) is 11.6 Å². The van der Waals surface area contributed by atoms with Crippen LogP contribution >= 0.6 is 0 Å². The van der Waals surface area contributed by atoms with Crippen molar-refractivity contribution in [2.24, 2.45) is 4.47 Å². The van der Waals surface area contributed by atoms with Crippen LogP contribution in [0.15, 0.2) is 22.8 Å². The lowest BCUT2D eigenvalue weighted by Crippen LogP contribution is -2.22. The number of hydrogen-bond acceptors (Lipinski definition) is 4. The number of rotatable bonds is 4. The quantitative estimate of drug-likeness (QED) is 0.671. The fraction of sp³-hybridized carbons (Fsp3) is 0.375. The van der Waals surface area contributed by atoms with E-state index >= 15 is 0 Å². The van der Waals surface area contributed by atoms with Crippen LogP contribution in [-0.4, -0.2) is 20.5 Å². The van der Waals surface area contributed by atoms with E-state index in [-0.39, 0.29) is 6.54 Å². The van der Waals surface area contributed by atoms with Crippen LogP contribution in [0.2, 0.25) is 0 Å². The molecule has 106 valence electrons. The average molecular weight is 298 g/mol. The van der Waals surface area contributed by atoms with Gasteiger partial charge < -0.3 is 0 Å². The minimum atomic E-state index is -4.54. The van der Waals surface area contributed by atoms with Gasteiger partial charge in [0.05, 0.1) is 0 Å². The summed E-state index contributed by atoms with van der Waals surface area (Å²) < 4.78 is 53.1. The van der Waals surface area contributed by atoms with Crippen LogP contribution in [0.3, 0.4) is 0 Å². The van der Waals surface area contributed by atoms with Gasteiger partial charge in [0.2, 0.25) is 5.03 Å². The third-order valence-corrected chi connectivity index (χ3v) is 3.01. The second-order valence-electron chi connectivity index (χ2n) is 3.49. The number of hydrogen-bond donors (Lipinski definition) is 1. The van der Waals surface area contributed by atoms with E-state index in [9.17, 15) is 27.5 Å². The molecule has 19 heavy (non-hydrogen) atoms. The van der Waals surface area contributed by atoms with Gasteiger partial charge in [0.1, 0.15) is 10.2 Å². The van der Waals surface area contributed by atoms with E-state index < -0.39 is 26.8 Å². The highest BCUT2D eigenvalue weighted by molar-refractivity contribution is 7.90. The van der Waals surface area contributed by atoms with Crippen LogP contribution in [0.25, 0.3) is 0 Å². The van der Waals surface area contributed by atoms with E-state index in [2.05, 4.69) is 14.2 Å². The van der Waals surface area contributed by atoms with Crippen LogP contribution in [-0.2, 0) is 22.6 Å². The van der Waals surface area contributed by atoms with Crippen molar-refractivity contribution in [1.82, 2.24) is 9.71 Å². The molecule has 1 aromatic heterocycles. The highest BCUT2D eigenvalue weighted by Gasteiger charge is 2.31. The summed E-state index contributed by atoms with van der Waals surface area (Å²) in [4.78, 5) is 13.3. The number of nitro groups is 1. The molecule has 0 amide bonds. The smallest absolute Gasteiger partial charge is 0.251 e. The van der Waals surface area contributed by atoms with Gasteiger partial charge in [-0.25, -0.2) is 19.0 Å². The number of nitrogens with zero attached hydrogens (tertiary/aromatic N) is 3. The Morgan fingerprint density at radius 1 is 1.53 bits per heavy atom. The zero-order chi connectivity index (χ0) is 14.7. The maximum atomic E-state index is 12.2. The van der Waals surface area contributed by atoms with Crippen molar-refractivity contribution in [3.8, 4) is 0 Å². The molecule has 0 spiro atoms. The van der Waals surface area contributed by atoms with Gasteiger partial charge in [-0.1, -0.05) is 6.07 Å². The molecule has 1 atom stereocenters. The summed E-state index contributed by atoms with van der Waals surface area (Å²) in [7, 11) is -3.24. The van der Waals surface area contributed by atoms with Crippen molar-refractivity contribution in [1.29, 1.82) is 0 Å². The van der Waals surface area contributed by atoms with Crippen molar-refractivity contribution >= 4 is 9.92 Å². The van der Waals surface area contributed by atoms with E-state index in [1.54, 1.807) is 0 Å². The molecule has 0 aromatic carbocycles. The maximum Gasteiger partial charge on any atom is 0.433 e. The second-order valence-corrected chi connectivity index (χ2v) is 5.55. The van der Waals surface area contributed by atoms with Gasteiger partial charge >= 0.3 is 6.18 Å². The first kappa shape index (κ1) is 15.3. The van der Waals surface area contributed by atoms with Crippen molar-refractivity contribution < 1.29 is 22.4 Å². The van der Waals surface area contributed by atoms with Crippen LogP contribution < -0.4 is 4.72 Å². The molecule has 0 aliphatic rings. The molecular formula is C8H9F3N4O3S. The van der Waals surface area contributed by atoms with E-state index in [1.807, 2.05) is 0 Å². The molecule has 1 N–H and O–H groups in total. The monoisotopic (exact) mass is 298 g/mol. The molecule has 0 radical (unpaired) electrons. The number of halogens is 3. The highest BCUT2D eigenvalue weighted by atomic mass is 32.2. The van der Waals surface area contributed by atoms with Crippen molar-refractivity contribution in [3.05, 3.63) is 39.7 Å². The summed E-state index contributed by atoms with van der Waals surface area (Å²) in [6.07, 6.45) is -2.59. The minimum Gasteiger partial charge on any atom is -0.251 e. The second kappa shape index (κ2) is 5.48. The Hall–Kier alpha value is -1.75.